The van der Waals surface area contributed by atoms with Crippen LogP contribution in [-0.2, 0) is 0 Å². The third kappa shape index (κ3) is 2.82. The van der Waals surface area contributed by atoms with E-state index in [4.69, 9.17) is 16.3 Å². The van der Waals surface area contributed by atoms with Gasteiger partial charge in [-0.1, -0.05) is 23.7 Å². The van der Waals surface area contributed by atoms with Crippen LogP contribution in [0.3, 0.4) is 0 Å². The first kappa shape index (κ1) is 11.6. The fourth-order valence-electron chi connectivity index (χ4n) is 1.33. The number of carbonyl (C=O) groups is 1. The average Bonchev–Trinajstić information content (AvgIpc) is 2.34. The maximum absolute atomic E-state index is 13.4. The fraction of sp³-hybridized carbons (Fsp3) is 0. The number of halogens is 2. The van der Waals surface area contributed by atoms with Crippen LogP contribution in [0.5, 0.6) is 11.5 Å². The van der Waals surface area contributed by atoms with Gasteiger partial charge in [0.05, 0.1) is 0 Å². The van der Waals surface area contributed by atoms with E-state index < -0.39 is 5.82 Å². The van der Waals surface area contributed by atoms with Gasteiger partial charge in [-0.2, -0.15) is 0 Å². The highest BCUT2D eigenvalue weighted by molar-refractivity contribution is 6.30. The van der Waals surface area contributed by atoms with Crippen molar-refractivity contribution >= 4 is 17.9 Å². The Labute approximate surface area is 103 Å². The van der Waals surface area contributed by atoms with Gasteiger partial charge in [0.1, 0.15) is 12.0 Å². The van der Waals surface area contributed by atoms with Gasteiger partial charge in [0.25, 0.3) is 0 Å². The lowest BCUT2D eigenvalue weighted by atomic mass is 10.2. The highest BCUT2D eigenvalue weighted by atomic mass is 35.5. The first-order chi connectivity index (χ1) is 8.19. The Morgan fingerprint density at radius 1 is 1.18 bits per heavy atom. The van der Waals surface area contributed by atoms with E-state index in [-0.39, 0.29) is 5.75 Å². The number of hydrogen-bond acceptors (Lipinski definition) is 2. The molecule has 0 aromatic heterocycles. The van der Waals surface area contributed by atoms with Gasteiger partial charge >= 0.3 is 0 Å². The van der Waals surface area contributed by atoms with Crippen LogP contribution in [0.15, 0.2) is 42.5 Å². The third-order valence-electron chi connectivity index (χ3n) is 2.12. The van der Waals surface area contributed by atoms with E-state index in [9.17, 15) is 9.18 Å². The smallest absolute Gasteiger partial charge is 0.165 e. The second-order valence-corrected chi connectivity index (χ2v) is 3.80. The van der Waals surface area contributed by atoms with Crippen LogP contribution in [0.1, 0.15) is 10.4 Å². The SMILES string of the molecule is O=Cc1cccc(Oc2cc(Cl)ccc2F)c1. The van der Waals surface area contributed by atoms with Crippen molar-refractivity contribution in [1.29, 1.82) is 0 Å². The van der Waals surface area contributed by atoms with Crippen molar-refractivity contribution in [1.82, 2.24) is 0 Å². The second kappa shape index (κ2) is 4.97. The Bertz CT molecular complexity index is 555. The van der Waals surface area contributed by atoms with Crippen LogP contribution in [0.2, 0.25) is 5.02 Å². The summed E-state index contributed by atoms with van der Waals surface area (Å²) in [5.74, 6) is -0.0952. The molecule has 2 rings (SSSR count). The Morgan fingerprint density at radius 3 is 2.76 bits per heavy atom. The van der Waals surface area contributed by atoms with Gasteiger partial charge in [-0.05, 0) is 24.3 Å². The van der Waals surface area contributed by atoms with Crippen molar-refractivity contribution in [2.45, 2.75) is 0 Å². The Kier molecular flexibility index (Phi) is 3.40. The zero-order valence-corrected chi connectivity index (χ0v) is 9.45. The van der Waals surface area contributed by atoms with E-state index in [1.54, 1.807) is 18.2 Å². The van der Waals surface area contributed by atoms with Crippen molar-refractivity contribution in [2.75, 3.05) is 0 Å². The molecule has 0 heterocycles. The maximum Gasteiger partial charge on any atom is 0.165 e. The number of hydrogen-bond donors (Lipinski definition) is 0. The third-order valence-corrected chi connectivity index (χ3v) is 2.35. The van der Waals surface area contributed by atoms with E-state index in [2.05, 4.69) is 0 Å². The summed E-state index contributed by atoms with van der Waals surface area (Å²) in [6.45, 7) is 0. The minimum atomic E-state index is -0.508. The Morgan fingerprint density at radius 2 is 2.00 bits per heavy atom. The molecule has 0 amide bonds. The van der Waals surface area contributed by atoms with Crippen molar-refractivity contribution in [3.63, 3.8) is 0 Å². The quantitative estimate of drug-likeness (QED) is 0.767. The molecule has 0 unspecified atom stereocenters. The van der Waals surface area contributed by atoms with Crippen LogP contribution in [0.4, 0.5) is 4.39 Å². The minimum Gasteiger partial charge on any atom is -0.454 e. The molecule has 0 bridgehead atoms. The molecule has 0 aliphatic rings. The summed E-state index contributed by atoms with van der Waals surface area (Å²) in [4.78, 5) is 10.6. The van der Waals surface area contributed by atoms with Gasteiger partial charge in [0, 0.05) is 16.7 Å². The largest absolute Gasteiger partial charge is 0.454 e. The molecule has 0 N–H and O–H groups in total. The number of aldehydes is 1. The fourth-order valence-corrected chi connectivity index (χ4v) is 1.50. The number of carbonyl (C=O) groups excluding carboxylic acids is 1. The predicted octanol–water partition coefficient (Wildman–Crippen LogP) is 4.08. The van der Waals surface area contributed by atoms with Gasteiger partial charge in [-0.15, -0.1) is 0 Å². The molecule has 0 atom stereocenters. The summed E-state index contributed by atoms with van der Waals surface area (Å²) in [5.41, 5.74) is 0.463. The van der Waals surface area contributed by atoms with Crippen molar-refractivity contribution in [3.8, 4) is 11.5 Å². The zero-order valence-electron chi connectivity index (χ0n) is 8.69. The van der Waals surface area contributed by atoms with Gasteiger partial charge in [-0.3, -0.25) is 4.79 Å². The summed E-state index contributed by atoms with van der Waals surface area (Å²) < 4.78 is 18.7. The van der Waals surface area contributed by atoms with Crippen LogP contribution in [0.25, 0.3) is 0 Å². The molecule has 4 heteroatoms. The summed E-state index contributed by atoms with van der Waals surface area (Å²) in [7, 11) is 0. The van der Waals surface area contributed by atoms with E-state index in [1.807, 2.05) is 0 Å². The molecule has 17 heavy (non-hydrogen) atoms. The van der Waals surface area contributed by atoms with Crippen LogP contribution in [0, 0.1) is 5.82 Å². The maximum atomic E-state index is 13.4. The van der Waals surface area contributed by atoms with Crippen LogP contribution in [-0.4, -0.2) is 6.29 Å². The zero-order chi connectivity index (χ0) is 12.3. The summed E-state index contributed by atoms with van der Waals surface area (Å²) in [6.07, 6.45) is 0.696. The molecule has 0 spiro atoms. The van der Waals surface area contributed by atoms with Crippen molar-refractivity contribution < 1.29 is 13.9 Å². The summed E-state index contributed by atoms with van der Waals surface area (Å²) >= 11 is 5.74. The Balaban J connectivity index is 2.30. The van der Waals surface area contributed by atoms with Gasteiger partial charge in [0.2, 0.25) is 0 Å². The normalized spacial score (nSPS) is 10.0. The highest BCUT2D eigenvalue weighted by Crippen LogP contribution is 2.27. The second-order valence-electron chi connectivity index (χ2n) is 3.37. The van der Waals surface area contributed by atoms with Gasteiger partial charge < -0.3 is 4.74 Å². The summed E-state index contributed by atoms with van der Waals surface area (Å²) in [6, 6.07) is 10.5. The first-order valence-electron chi connectivity index (χ1n) is 4.87. The monoisotopic (exact) mass is 250 g/mol. The molecule has 2 aromatic rings. The number of benzene rings is 2. The Hall–Kier alpha value is -1.87. The predicted molar refractivity (Wildman–Crippen MR) is 63.3 cm³/mol. The lowest BCUT2D eigenvalue weighted by molar-refractivity contribution is 0.112. The molecular weight excluding hydrogens is 243 g/mol. The lowest BCUT2D eigenvalue weighted by Crippen LogP contribution is -1.89. The molecular formula is C13H8ClFO2. The highest BCUT2D eigenvalue weighted by Gasteiger charge is 2.05. The van der Waals surface area contributed by atoms with Gasteiger partial charge in [0.15, 0.2) is 11.6 Å². The standard InChI is InChI=1S/C13H8ClFO2/c14-10-4-5-12(15)13(7-10)17-11-3-1-2-9(6-11)8-16/h1-8H. The molecule has 0 saturated carbocycles. The first-order valence-corrected chi connectivity index (χ1v) is 5.25. The molecule has 0 aliphatic heterocycles. The number of ether oxygens (including phenoxy) is 1. The lowest BCUT2D eigenvalue weighted by Gasteiger charge is -2.07. The van der Waals surface area contributed by atoms with E-state index >= 15 is 0 Å². The van der Waals surface area contributed by atoms with Gasteiger partial charge in [-0.25, -0.2) is 4.39 Å². The number of rotatable bonds is 3. The van der Waals surface area contributed by atoms with Crippen LogP contribution >= 0.6 is 11.6 Å². The molecule has 86 valence electrons. The van der Waals surface area contributed by atoms with E-state index in [1.165, 1.54) is 24.3 Å². The molecule has 0 aliphatic carbocycles. The molecule has 0 saturated heterocycles. The minimum absolute atomic E-state index is 0.0283. The topological polar surface area (TPSA) is 26.3 Å². The van der Waals surface area contributed by atoms with E-state index in [0.717, 1.165) is 0 Å². The molecule has 2 nitrogen and oxygen atoms in total. The molecule has 2 aromatic carbocycles. The molecule has 0 fully saturated rings. The molecule has 0 radical (unpaired) electrons. The van der Waals surface area contributed by atoms with Crippen LogP contribution < -0.4 is 4.74 Å². The summed E-state index contributed by atoms with van der Waals surface area (Å²) in [5, 5.41) is 0.382. The van der Waals surface area contributed by atoms with Crippen molar-refractivity contribution in [2.24, 2.45) is 0 Å². The average molecular weight is 251 g/mol. The van der Waals surface area contributed by atoms with E-state index in [0.29, 0.717) is 22.6 Å². The van der Waals surface area contributed by atoms with Crippen molar-refractivity contribution in [3.05, 3.63) is 58.9 Å².